The van der Waals surface area contributed by atoms with Crippen LogP contribution in [0.3, 0.4) is 0 Å². The minimum atomic E-state index is -0.602. The van der Waals surface area contributed by atoms with Crippen molar-refractivity contribution in [2.45, 2.75) is 6.54 Å². The van der Waals surface area contributed by atoms with Gasteiger partial charge in [0.2, 0.25) is 0 Å². The maximum absolute atomic E-state index is 11.8. The lowest BCUT2D eigenvalue weighted by Crippen LogP contribution is -2.22. The van der Waals surface area contributed by atoms with E-state index < -0.39 is 4.92 Å². The van der Waals surface area contributed by atoms with Gasteiger partial charge in [-0.1, -0.05) is 11.6 Å². The van der Waals surface area contributed by atoms with Crippen LogP contribution in [-0.4, -0.2) is 10.8 Å². The SMILES string of the molecule is O=C(NCc1ccoc1)c1ccc([N+](=O)[O-])c(Cl)c1. The molecule has 0 atom stereocenters. The average Bonchev–Trinajstić information content (AvgIpc) is 2.88. The first-order valence-corrected chi connectivity index (χ1v) is 5.69. The lowest BCUT2D eigenvalue weighted by Gasteiger charge is -2.04. The highest BCUT2D eigenvalue weighted by molar-refractivity contribution is 6.33. The predicted molar refractivity (Wildman–Crippen MR) is 68.0 cm³/mol. The number of nitro groups is 1. The van der Waals surface area contributed by atoms with Gasteiger partial charge in [0.1, 0.15) is 5.02 Å². The topological polar surface area (TPSA) is 85.4 Å². The van der Waals surface area contributed by atoms with Crippen molar-refractivity contribution in [1.29, 1.82) is 0 Å². The molecule has 0 aliphatic heterocycles. The second-order valence-electron chi connectivity index (χ2n) is 3.74. The Balaban J connectivity index is 2.07. The van der Waals surface area contributed by atoms with Crippen LogP contribution in [0, 0.1) is 10.1 Å². The van der Waals surface area contributed by atoms with E-state index >= 15 is 0 Å². The molecule has 0 unspecified atom stereocenters. The summed E-state index contributed by atoms with van der Waals surface area (Å²) in [6.07, 6.45) is 3.02. The van der Waals surface area contributed by atoms with Gasteiger partial charge in [0.15, 0.2) is 0 Å². The molecule has 98 valence electrons. The van der Waals surface area contributed by atoms with Crippen LogP contribution >= 0.6 is 11.6 Å². The summed E-state index contributed by atoms with van der Waals surface area (Å²) in [4.78, 5) is 21.8. The molecule has 6 nitrogen and oxygen atoms in total. The van der Waals surface area contributed by atoms with Gasteiger partial charge in [-0.25, -0.2) is 0 Å². The summed E-state index contributed by atoms with van der Waals surface area (Å²) in [6, 6.07) is 5.55. The maximum Gasteiger partial charge on any atom is 0.287 e. The number of carbonyl (C=O) groups is 1. The van der Waals surface area contributed by atoms with Crippen LogP contribution in [0.2, 0.25) is 5.02 Å². The first-order valence-electron chi connectivity index (χ1n) is 5.31. The molecule has 0 saturated carbocycles. The summed E-state index contributed by atoms with van der Waals surface area (Å²) in [6.45, 7) is 0.309. The standard InChI is InChI=1S/C12H9ClN2O4/c13-10-5-9(1-2-11(10)15(17)18)12(16)14-6-8-3-4-19-7-8/h1-5,7H,6H2,(H,14,16). The van der Waals surface area contributed by atoms with Gasteiger partial charge in [0.25, 0.3) is 11.6 Å². The van der Waals surface area contributed by atoms with Gasteiger partial charge in [-0.05, 0) is 18.2 Å². The van der Waals surface area contributed by atoms with Crippen molar-refractivity contribution >= 4 is 23.2 Å². The number of nitrogens with zero attached hydrogens (tertiary/aromatic N) is 1. The Morgan fingerprint density at radius 1 is 1.42 bits per heavy atom. The molecule has 0 saturated heterocycles. The van der Waals surface area contributed by atoms with Gasteiger partial charge in [0, 0.05) is 23.7 Å². The number of nitro benzene ring substituents is 1. The number of hydrogen-bond acceptors (Lipinski definition) is 4. The number of hydrogen-bond donors (Lipinski definition) is 1. The molecule has 2 rings (SSSR count). The van der Waals surface area contributed by atoms with Crippen molar-refractivity contribution in [2.24, 2.45) is 0 Å². The van der Waals surface area contributed by atoms with Crippen molar-refractivity contribution in [3.63, 3.8) is 0 Å². The molecule has 7 heteroatoms. The molecule has 0 bridgehead atoms. The van der Waals surface area contributed by atoms with Crippen LogP contribution in [0.5, 0.6) is 0 Å². The highest BCUT2D eigenvalue weighted by atomic mass is 35.5. The molecule has 0 spiro atoms. The van der Waals surface area contributed by atoms with Crippen LogP contribution in [0.1, 0.15) is 15.9 Å². The fourth-order valence-corrected chi connectivity index (χ4v) is 1.72. The highest BCUT2D eigenvalue weighted by Gasteiger charge is 2.15. The Hall–Kier alpha value is -2.34. The third-order valence-corrected chi connectivity index (χ3v) is 2.74. The Bertz CT molecular complexity index is 610. The number of halogens is 1. The number of rotatable bonds is 4. The molecule has 2 aromatic rings. The summed E-state index contributed by atoms with van der Waals surface area (Å²) in [5, 5.41) is 13.2. The molecular weight excluding hydrogens is 272 g/mol. The molecule has 1 heterocycles. The number of benzene rings is 1. The molecule has 1 aromatic carbocycles. The normalized spacial score (nSPS) is 10.2. The molecule has 0 aliphatic carbocycles. The van der Waals surface area contributed by atoms with E-state index in [-0.39, 0.29) is 22.2 Å². The second-order valence-corrected chi connectivity index (χ2v) is 4.14. The Labute approximate surface area is 113 Å². The van der Waals surface area contributed by atoms with Gasteiger partial charge in [-0.15, -0.1) is 0 Å². The average molecular weight is 281 g/mol. The van der Waals surface area contributed by atoms with E-state index in [1.54, 1.807) is 6.07 Å². The Morgan fingerprint density at radius 3 is 2.79 bits per heavy atom. The molecule has 1 aromatic heterocycles. The van der Waals surface area contributed by atoms with Crippen LogP contribution < -0.4 is 5.32 Å². The number of nitrogens with one attached hydrogen (secondary N) is 1. The largest absolute Gasteiger partial charge is 0.472 e. The second kappa shape index (κ2) is 5.53. The first kappa shape index (κ1) is 13.1. The number of furan rings is 1. The minimum Gasteiger partial charge on any atom is -0.472 e. The van der Waals surface area contributed by atoms with E-state index in [1.807, 2.05) is 0 Å². The maximum atomic E-state index is 11.8. The third kappa shape index (κ3) is 3.11. The molecular formula is C12H9ClN2O4. The molecule has 0 aliphatic rings. The van der Waals surface area contributed by atoms with Gasteiger partial charge in [0.05, 0.1) is 17.4 Å². The van der Waals surface area contributed by atoms with Crippen LogP contribution in [0.25, 0.3) is 0 Å². The molecule has 19 heavy (non-hydrogen) atoms. The fourth-order valence-electron chi connectivity index (χ4n) is 1.47. The summed E-state index contributed by atoms with van der Waals surface area (Å²) in [5.74, 6) is -0.363. The van der Waals surface area contributed by atoms with Gasteiger partial charge in [-0.2, -0.15) is 0 Å². The zero-order valence-corrected chi connectivity index (χ0v) is 10.4. The number of amides is 1. The van der Waals surface area contributed by atoms with Crippen molar-refractivity contribution in [1.82, 2.24) is 5.32 Å². The minimum absolute atomic E-state index is 0.0686. The highest BCUT2D eigenvalue weighted by Crippen LogP contribution is 2.24. The lowest BCUT2D eigenvalue weighted by molar-refractivity contribution is -0.384. The zero-order chi connectivity index (χ0) is 13.8. The van der Waals surface area contributed by atoms with Crippen LogP contribution in [0.4, 0.5) is 5.69 Å². The lowest BCUT2D eigenvalue weighted by atomic mass is 10.2. The van der Waals surface area contributed by atoms with Gasteiger partial charge >= 0.3 is 0 Å². The summed E-state index contributed by atoms with van der Waals surface area (Å²) < 4.78 is 4.87. The quantitative estimate of drug-likeness (QED) is 0.689. The molecule has 0 fully saturated rings. The fraction of sp³-hybridized carbons (Fsp3) is 0.0833. The van der Waals surface area contributed by atoms with Crippen LogP contribution in [-0.2, 0) is 6.54 Å². The molecule has 1 amide bonds. The Kier molecular flexibility index (Phi) is 3.82. The number of carbonyl (C=O) groups excluding carboxylic acids is 1. The van der Waals surface area contributed by atoms with Crippen molar-refractivity contribution in [2.75, 3.05) is 0 Å². The van der Waals surface area contributed by atoms with E-state index in [0.29, 0.717) is 6.54 Å². The summed E-state index contributed by atoms with van der Waals surface area (Å²) in [7, 11) is 0. The predicted octanol–water partition coefficient (Wildman–Crippen LogP) is 2.77. The zero-order valence-electron chi connectivity index (χ0n) is 9.63. The van der Waals surface area contributed by atoms with Crippen LogP contribution in [0.15, 0.2) is 41.2 Å². The van der Waals surface area contributed by atoms with E-state index in [2.05, 4.69) is 5.32 Å². The van der Waals surface area contributed by atoms with Gasteiger partial charge < -0.3 is 9.73 Å². The molecule has 1 N–H and O–H groups in total. The van der Waals surface area contributed by atoms with Crippen molar-refractivity contribution < 1.29 is 14.1 Å². The van der Waals surface area contributed by atoms with E-state index in [9.17, 15) is 14.9 Å². The smallest absolute Gasteiger partial charge is 0.287 e. The molecule has 0 radical (unpaired) electrons. The van der Waals surface area contributed by atoms with Gasteiger partial charge in [-0.3, -0.25) is 14.9 Å². The van der Waals surface area contributed by atoms with E-state index in [1.165, 1.54) is 30.7 Å². The third-order valence-electron chi connectivity index (χ3n) is 2.44. The van der Waals surface area contributed by atoms with Crippen molar-refractivity contribution in [3.05, 3.63) is 63.1 Å². The summed E-state index contributed by atoms with van der Waals surface area (Å²) in [5.41, 5.74) is 0.855. The monoisotopic (exact) mass is 280 g/mol. The summed E-state index contributed by atoms with van der Waals surface area (Å²) >= 11 is 5.73. The Morgan fingerprint density at radius 2 is 2.21 bits per heavy atom. The van der Waals surface area contributed by atoms with Crippen molar-refractivity contribution in [3.8, 4) is 0 Å². The van der Waals surface area contributed by atoms with E-state index in [4.69, 9.17) is 16.0 Å². The first-order chi connectivity index (χ1) is 9.08. The van der Waals surface area contributed by atoms with E-state index in [0.717, 1.165) is 5.56 Å².